The van der Waals surface area contributed by atoms with Crippen LogP contribution < -0.4 is 4.74 Å². The summed E-state index contributed by atoms with van der Waals surface area (Å²) in [5.41, 5.74) is 2.28. The Kier molecular flexibility index (Phi) is 6.98. The van der Waals surface area contributed by atoms with E-state index in [4.69, 9.17) is 16.3 Å². The Morgan fingerprint density at radius 1 is 1.22 bits per heavy atom. The third-order valence-corrected chi connectivity index (χ3v) is 5.34. The molecule has 4 atom stereocenters. The Bertz CT molecular complexity index is 506. The first-order valence-corrected chi connectivity index (χ1v) is 9.14. The first-order valence-electron chi connectivity index (χ1n) is 8.70. The van der Waals surface area contributed by atoms with E-state index in [0.717, 1.165) is 36.1 Å². The van der Waals surface area contributed by atoms with E-state index >= 15 is 0 Å². The minimum atomic E-state index is -0.369. The summed E-state index contributed by atoms with van der Waals surface area (Å²) in [6, 6.07) is 6.16. The number of ether oxygens (including phenoxy) is 1. The van der Waals surface area contributed by atoms with Gasteiger partial charge in [-0.1, -0.05) is 43.7 Å². The highest BCUT2D eigenvalue weighted by Crippen LogP contribution is 2.39. The Labute approximate surface area is 145 Å². The summed E-state index contributed by atoms with van der Waals surface area (Å²) in [6.07, 6.45) is 7.91. The van der Waals surface area contributed by atoms with Crippen molar-refractivity contribution in [3.8, 4) is 5.75 Å². The van der Waals surface area contributed by atoms with E-state index in [-0.39, 0.29) is 23.3 Å². The Balaban J connectivity index is 2.00. The number of aliphatic hydroxyl groups excluding tert-OH is 1. The molecule has 2 nitrogen and oxygen atoms in total. The highest BCUT2D eigenvalue weighted by Gasteiger charge is 2.41. The van der Waals surface area contributed by atoms with Gasteiger partial charge in [0.15, 0.2) is 0 Å². The smallest absolute Gasteiger partial charge is 0.125 e. The molecule has 0 radical (unpaired) electrons. The van der Waals surface area contributed by atoms with E-state index in [2.05, 4.69) is 45.1 Å². The number of unbranched alkanes of at least 4 members (excludes halogenated alkanes) is 1. The summed E-state index contributed by atoms with van der Waals surface area (Å²) in [5, 5.41) is 10.4. The molecular weight excluding hydrogens is 308 g/mol. The number of alkyl halides is 1. The number of aryl methyl sites for hydroxylation is 2. The van der Waals surface area contributed by atoms with Gasteiger partial charge in [0, 0.05) is 11.3 Å². The number of aliphatic hydroxyl groups is 1. The first-order chi connectivity index (χ1) is 11.0. The number of benzene rings is 1. The summed E-state index contributed by atoms with van der Waals surface area (Å²) < 4.78 is 6.09. The highest BCUT2D eigenvalue weighted by molar-refractivity contribution is 6.21. The Morgan fingerprint density at radius 3 is 2.57 bits per heavy atom. The van der Waals surface area contributed by atoms with E-state index in [9.17, 15) is 5.11 Å². The molecular formula is C20H29ClO2. The molecule has 0 amide bonds. The number of hydrogen-bond donors (Lipinski definition) is 1. The monoisotopic (exact) mass is 336 g/mol. The average Bonchev–Trinajstić information content (AvgIpc) is 2.77. The van der Waals surface area contributed by atoms with Crippen LogP contribution in [0.5, 0.6) is 5.75 Å². The summed E-state index contributed by atoms with van der Waals surface area (Å²) in [7, 11) is 0. The minimum Gasteiger partial charge on any atom is -0.493 e. The second-order valence-electron chi connectivity index (χ2n) is 6.67. The van der Waals surface area contributed by atoms with E-state index in [1.807, 2.05) is 6.07 Å². The molecule has 0 aromatic heterocycles. The molecule has 0 saturated heterocycles. The van der Waals surface area contributed by atoms with Crippen LogP contribution in [-0.2, 0) is 0 Å². The molecule has 23 heavy (non-hydrogen) atoms. The maximum Gasteiger partial charge on any atom is 0.125 e. The predicted octanol–water partition coefficient (Wildman–Crippen LogP) is 5.03. The van der Waals surface area contributed by atoms with Crippen molar-refractivity contribution in [3.05, 3.63) is 41.5 Å². The molecule has 3 heteroatoms. The van der Waals surface area contributed by atoms with Gasteiger partial charge in [0.1, 0.15) is 5.75 Å². The van der Waals surface area contributed by atoms with Crippen LogP contribution in [0.1, 0.15) is 43.7 Å². The van der Waals surface area contributed by atoms with Gasteiger partial charge in [0.05, 0.1) is 12.7 Å². The summed E-state index contributed by atoms with van der Waals surface area (Å²) in [6.45, 7) is 6.82. The standard InChI is InChI=1S/C20H29ClO2/c1-4-5-6-7-11-16-17(19(22)12-18(16)21)13-23-20-14(2)9-8-10-15(20)3/h6-10,16-19,22H,4-5,11-13H2,1-3H3/b7-6-/t16-,17-,18-,19-/m1/s1. The van der Waals surface area contributed by atoms with Crippen LogP contribution in [0.2, 0.25) is 0 Å². The van der Waals surface area contributed by atoms with Crippen LogP contribution in [0.3, 0.4) is 0 Å². The zero-order valence-corrected chi connectivity index (χ0v) is 15.2. The molecule has 128 valence electrons. The Hall–Kier alpha value is -0.990. The fourth-order valence-electron chi connectivity index (χ4n) is 3.44. The largest absolute Gasteiger partial charge is 0.493 e. The van der Waals surface area contributed by atoms with E-state index in [1.54, 1.807) is 0 Å². The number of allylic oxidation sites excluding steroid dienone is 2. The molecule has 1 N–H and O–H groups in total. The van der Waals surface area contributed by atoms with Crippen LogP contribution in [-0.4, -0.2) is 23.2 Å². The molecule has 0 spiro atoms. The van der Waals surface area contributed by atoms with Crippen molar-refractivity contribution in [2.45, 2.75) is 57.9 Å². The maximum atomic E-state index is 10.4. The number of rotatable bonds is 7. The van der Waals surface area contributed by atoms with Crippen molar-refractivity contribution in [2.24, 2.45) is 11.8 Å². The lowest BCUT2D eigenvalue weighted by atomic mass is 9.92. The molecule has 1 aliphatic rings. The molecule has 0 heterocycles. The number of halogens is 1. The quantitative estimate of drug-likeness (QED) is 0.558. The molecule has 0 bridgehead atoms. The molecule has 1 aliphatic carbocycles. The molecule has 1 aromatic rings. The Morgan fingerprint density at radius 2 is 1.91 bits per heavy atom. The lowest BCUT2D eigenvalue weighted by Gasteiger charge is -2.23. The summed E-state index contributed by atoms with van der Waals surface area (Å²) in [5.74, 6) is 1.32. The molecule has 1 fully saturated rings. The van der Waals surface area contributed by atoms with Crippen LogP contribution in [0.4, 0.5) is 0 Å². The summed E-state index contributed by atoms with van der Waals surface area (Å²) in [4.78, 5) is 0. The third-order valence-electron chi connectivity index (χ3n) is 4.83. The molecule has 1 saturated carbocycles. The minimum absolute atomic E-state index is 0.0304. The van der Waals surface area contributed by atoms with Crippen molar-refractivity contribution in [3.63, 3.8) is 0 Å². The first kappa shape index (κ1) is 18.4. The van der Waals surface area contributed by atoms with Gasteiger partial charge in [0.25, 0.3) is 0 Å². The molecule has 0 unspecified atom stereocenters. The van der Waals surface area contributed by atoms with Gasteiger partial charge < -0.3 is 9.84 Å². The topological polar surface area (TPSA) is 29.5 Å². The van der Waals surface area contributed by atoms with E-state index < -0.39 is 0 Å². The van der Waals surface area contributed by atoms with Gasteiger partial charge in [-0.2, -0.15) is 0 Å². The fourth-order valence-corrected chi connectivity index (χ4v) is 3.91. The van der Waals surface area contributed by atoms with Crippen molar-refractivity contribution in [1.29, 1.82) is 0 Å². The van der Waals surface area contributed by atoms with Gasteiger partial charge in [-0.15, -0.1) is 11.6 Å². The molecule has 1 aromatic carbocycles. The molecule has 0 aliphatic heterocycles. The van der Waals surface area contributed by atoms with Gasteiger partial charge in [-0.25, -0.2) is 0 Å². The third kappa shape index (κ3) is 4.74. The van der Waals surface area contributed by atoms with Crippen LogP contribution in [0.15, 0.2) is 30.4 Å². The summed E-state index contributed by atoms with van der Waals surface area (Å²) >= 11 is 6.48. The lowest BCUT2D eigenvalue weighted by molar-refractivity contribution is 0.0803. The van der Waals surface area contributed by atoms with Crippen molar-refractivity contribution < 1.29 is 9.84 Å². The van der Waals surface area contributed by atoms with Crippen molar-refractivity contribution >= 4 is 11.6 Å². The van der Waals surface area contributed by atoms with Crippen LogP contribution >= 0.6 is 11.6 Å². The number of para-hydroxylation sites is 1. The zero-order valence-electron chi connectivity index (χ0n) is 14.5. The van der Waals surface area contributed by atoms with Gasteiger partial charge >= 0.3 is 0 Å². The maximum absolute atomic E-state index is 10.4. The number of hydrogen-bond acceptors (Lipinski definition) is 2. The van der Waals surface area contributed by atoms with Gasteiger partial charge in [0.2, 0.25) is 0 Å². The zero-order chi connectivity index (χ0) is 16.8. The predicted molar refractivity (Wildman–Crippen MR) is 97.3 cm³/mol. The highest BCUT2D eigenvalue weighted by atomic mass is 35.5. The van der Waals surface area contributed by atoms with Crippen LogP contribution in [0, 0.1) is 25.7 Å². The van der Waals surface area contributed by atoms with Gasteiger partial charge in [-0.05, 0) is 50.2 Å². The van der Waals surface area contributed by atoms with Gasteiger partial charge in [-0.3, -0.25) is 0 Å². The fraction of sp³-hybridized carbons (Fsp3) is 0.600. The normalized spacial score (nSPS) is 27.7. The van der Waals surface area contributed by atoms with E-state index in [0.29, 0.717) is 13.0 Å². The van der Waals surface area contributed by atoms with E-state index in [1.165, 1.54) is 0 Å². The second-order valence-corrected chi connectivity index (χ2v) is 7.24. The van der Waals surface area contributed by atoms with Crippen LogP contribution in [0.25, 0.3) is 0 Å². The molecule has 2 rings (SSSR count). The second kappa shape index (κ2) is 8.75. The SMILES string of the molecule is CCC/C=C\C[C@@H]1[C@@H](COc2c(C)cccc2C)[C@H](O)C[C@H]1Cl. The van der Waals surface area contributed by atoms with Crippen molar-refractivity contribution in [1.82, 2.24) is 0 Å². The average molecular weight is 337 g/mol. The lowest BCUT2D eigenvalue weighted by Crippen LogP contribution is -2.27. The van der Waals surface area contributed by atoms with Crippen molar-refractivity contribution in [2.75, 3.05) is 6.61 Å².